The molecule has 0 saturated carbocycles. The number of amides is 2. The van der Waals surface area contributed by atoms with E-state index >= 15 is 0 Å². The molecule has 7 nitrogen and oxygen atoms in total. The Hall–Kier alpha value is -4.26. The molecule has 0 radical (unpaired) electrons. The molecule has 1 aliphatic heterocycles. The summed E-state index contributed by atoms with van der Waals surface area (Å²) in [6.45, 7) is 0. The van der Waals surface area contributed by atoms with Crippen LogP contribution in [-0.2, 0) is 11.8 Å². The van der Waals surface area contributed by atoms with Gasteiger partial charge in [-0.25, -0.2) is 0 Å². The molecule has 35 heavy (non-hydrogen) atoms. The van der Waals surface area contributed by atoms with E-state index in [0.29, 0.717) is 28.3 Å². The Kier molecular flexibility index (Phi) is 5.68. The van der Waals surface area contributed by atoms with Crippen LogP contribution < -0.4 is 14.8 Å². The molecular formula is C28H27N3O4. The predicted molar refractivity (Wildman–Crippen MR) is 135 cm³/mol. The van der Waals surface area contributed by atoms with E-state index in [0.717, 1.165) is 16.5 Å². The molecule has 0 spiro atoms. The molecule has 1 aromatic heterocycles. The van der Waals surface area contributed by atoms with Crippen molar-refractivity contribution in [2.24, 2.45) is 7.05 Å². The van der Waals surface area contributed by atoms with E-state index < -0.39 is 12.0 Å². The maximum atomic E-state index is 13.9. The summed E-state index contributed by atoms with van der Waals surface area (Å²) in [7, 11) is 6.86. The predicted octanol–water partition coefficient (Wildman–Crippen LogP) is 4.74. The molecule has 4 aromatic rings. The van der Waals surface area contributed by atoms with E-state index in [9.17, 15) is 9.59 Å². The fraction of sp³-hybridized carbons (Fsp3) is 0.214. The Labute approximate surface area is 203 Å². The highest BCUT2D eigenvalue weighted by Gasteiger charge is 2.43. The summed E-state index contributed by atoms with van der Waals surface area (Å²) in [6.07, 6.45) is 2.02. The first-order valence-corrected chi connectivity index (χ1v) is 11.4. The van der Waals surface area contributed by atoms with Gasteiger partial charge >= 0.3 is 0 Å². The minimum absolute atomic E-state index is 0.103. The Balaban J connectivity index is 1.63. The summed E-state index contributed by atoms with van der Waals surface area (Å²) in [4.78, 5) is 29.0. The fourth-order valence-electron chi connectivity index (χ4n) is 5.09. The van der Waals surface area contributed by atoms with Crippen LogP contribution in [0.3, 0.4) is 0 Å². The number of carbonyl (C=O) groups excluding carboxylic acids is 2. The lowest BCUT2D eigenvalue weighted by Gasteiger charge is -2.39. The SMILES string of the molecule is COc1ccc(NC(=O)[C@H]2c3ccccc3C(=O)N(C)[C@H]2c2cn(C)c3ccccc23)cc1OC. The number of ether oxygens (including phenoxy) is 2. The second-order valence-corrected chi connectivity index (χ2v) is 8.70. The van der Waals surface area contributed by atoms with Crippen molar-refractivity contribution >= 4 is 28.4 Å². The smallest absolute Gasteiger partial charge is 0.254 e. The lowest BCUT2D eigenvalue weighted by molar-refractivity contribution is -0.119. The van der Waals surface area contributed by atoms with Crippen LogP contribution in [0.5, 0.6) is 11.5 Å². The Morgan fingerprint density at radius 3 is 2.37 bits per heavy atom. The molecule has 2 heterocycles. The molecule has 0 saturated heterocycles. The molecule has 0 bridgehead atoms. The number of benzene rings is 3. The van der Waals surface area contributed by atoms with Crippen LogP contribution in [0.4, 0.5) is 5.69 Å². The third-order valence-electron chi connectivity index (χ3n) is 6.76. The van der Waals surface area contributed by atoms with Crippen molar-refractivity contribution in [2.75, 3.05) is 26.6 Å². The van der Waals surface area contributed by atoms with Gasteiger partial charge < -0.3 is 24.3 Å². The molecule has 7 heteroatoms. The molecule has 3 aromatic carbocycles. The summed E-state index contributed by atoms with van der Waals surface area (Å²) in [5.74, 6) is 0.170. The summed E-state index contributed by atoms with van der Waals surface area (Å²) < 4.78 is 12.8. The minimum Gasteiger partial charge on any atom is -0.493 e. The third-order valence-corrected chi connectivity index (χ3v) is 6.76. The van der Waals surface area contributed by atoms with Crippen molar-refractivity contribution in [1.29, 1.82) is 0 Å². The number of fused-ring (bicyclic) bond motifs is 2. The second kappa shape index (κ2) is 8.83. The van der Waals surface area contributed by atoms with Crippen LogP contribution in [0.1, 0.15) is 33.4 Å². The number of aromatic nitrogens is 1. The summed E-state index contributed by atoms with van der Waals surface area (Å²) >= 11 is 0. The van der Waals surface area contributed by atoms with Gasteiger partial charge in [0.2, 0.25) is 5.91 Å². The largest absolute Gasteiger partial charge is 0.493 e. The van der Waals surface area contributed by atoms with Crippen molar-refractivity contribution < 1.29 is 19.1 Å². The first-order chi connectivity index (χ1) is 16.9. The monoisotopic (exact) mass is 469 g/mol. The van der Waals surface area contributed by atoms with Crippen LogP contribution in [0.2, 0.25) is 0 Å². The van der Waals surface area contributed by atoms with Crippen molar-refractivity contribution in [1.82, 2.24) is 9.47 Å². The zero-order valence-electron chi connectivity index (χ0n) is 20.1. The van der Waals surface area contributed by atoms with Gasteiger partial charge in [0.25, 0.3) is 5.91 Å². The highest BCUT2D eigenvalue weighted by Crippen LogP contribution is 2.45. The molecule has 0 unspecified atom stereocenters. The minimum atomic E-state index is -0.618. The number of anilines is 1. The quantitative estimate of drug-likeness (QED) is 0.458. The van der Waals surface area contributed by atoms with Crippen LogP contribution >= 0.6 is 0 Å². The van der Waals surface area contributed by atoms with E-state index in [2.05, 4.69) is 5.32 Å². The van der Waals surface area contributed by atoms with Crippen LogP contribution in [0, 0.1) is 0 Å². The molecule has 0 aliphatic carbocycles. The normalized spacial score (nSPS) is 17.3. The number of rotatable bonds is 5. The summed E-state index contributed by atoms with van der Waals surface area (Å²) in [5, 5.41) is 4.07. The Bertz CT molecular complexity index is 1440. The topological polar surface area (TPSA) is 72.8 Å². The van der Waals surface area contributed by atoms with Gasteiger partial charge in [0, 0.05) is 54.1 Å². The van der Waals surface area contributed by atoms with Gasteiger partial charge in [0.15, 0.2) is 11.5 Å². The number of nitrogens with zero attached hydrogens (tertiary/aromatic N) is 2. The number of para-hydroxylation sites is 1. The van der Waals surface area contributed by atoms with Crippen molar-refractivity contribution in [3.63, 3.8) is 0 Å². The van der Waals surface area contributed by atoms with E-state index in [-0.39, 0.29) is 11.8 Å². The second-order valence-electron chi connectivity index (χ2n) is 8.70. The Morgan fingerprint density at radius 2 is 1.60 bits per heavy atom. The first-order valence-electron chi connectivity index (χ1n) is 11.4. The Morgan fingerprint density at radius 1 is 0.886 bits per heavy atom. The molecule has 1 aliphatic rings. The zero-order valence-corrected chi connectivity index (χ0v) is 20.1. The van der Waals surface area contributed by atoms with E-state index in [1.54, 1.807) is 50.4 Å². The van der Waals surface area contributed by atoms with Gasteiger partial charge in [-0.1, -0.05) is 36.4 Å². The standard InChI is InChI=1S/C28H27N3O4/c1-30-16-21(18-9-7-8-12-22(18)30)26-25(19-10-5-6-11-20(19)28(33)31(26)2)27(32)29-17-13-14-23(34-3)24(15-17)35-4/h5-16,25-26H,1-4H3,(H,29,32)/t25-,26-/m0/s1. The van der Waals surface area contributed by atoms with Gasteiger partial charge in [-0.2, -0.15) is 0 Å². The van der Waals surface area contributed by atoms with E-state index in [4.69, 9.17) is 9.47 Å². The number of carbonyl (C=O) groups is 2. The van der Waals surface area contributed by atoms with Crippen molar-refractivity contribution in [3.05, 3.63) is 89.6 Å². The maximum Gasteiger partial charge on any atom is 0.254 e. The number of hydrogen-bond donors (Lipinski definition) is 1. The average molecular weight is 470 g/mol. The molecule has 5 rings (SSSR count). The number of aryl methyl sites for hydroxylation is 1. The van der Waals surface area contributed by atoms with Crippen LogP contribution in [0.15, 0.2) is 72.9 Å². The van der Waals surface area contributed by atoms with Crippen molar-refractivity contribution in [2.45, 2.75) is 12.0 Å². The van der Waals surface area contributed by atoms with E-state index in [1.807, 2.05) is 60.3 Å². The van der Waals surface area contributed by atoms with Gasteiger partial charge in [-0.05, 0) is 29.8 Å². The average Bonchev–Trinajstić information content (AvgIpc) is 3.21. The molecule has 178 valence electrons. The molecular weight excluding hydrogens is 442 g/mol. The molecule has 0 fully saturated rings. The van der Waals surface area contributed by atoms with Gasteiger partial charge in [-0.3, -0.25) is 9.59 Å². The van der Waals surface area contributed by atoms with Gasteiger partial charge in [-0.15, -0.1) is 0 Å². The molecule has 2 atom stereocenters. The lowest BCUT2D eigenvalue weighted by atomic mass is 9.79. The zero-order chi connectivity index (χ0) is 24.7. The van der Waals surface area contributed by atoms with Crippen LogP contribution in [-0.4, -0.2) is 42.5 Å². The fourth-order valence-corrected chi connectivity index (χ4v) is 5.09. The van der Waals surface area contributed by atoms with Crippen LogP contribution in [0.25, 0.3) is 10.9 Å². The van der Waals surface area contributed by atoms with Gasteiger partial charge in [0.05, 0.1) is 26.2 Å². The lowest BCUT2D eigenvalue weighted by Crippen LogP contribution is -2.44. The number of likely N-dealkylation sites (N-methyl/N-ethyl adjacent to an activating group) is 1. The van der Waals surface area contributed by atoms with E-state index in [1.165, 1.54) is 0 Å². The molecule has 1 N–H and O–H groups in total. The maximum absolute atomic E-state index is 13.9. The van der Waals surface area contributed by atoms with Crippen molar-refractivity contribution in [3.8, 4) is 11.5 Å². The van der Waals surface area contributed by atoms with Gasteiger partial charge in [0.1, 0.15) is 0 Å². The third kappa shape index (κ3) is 3.69. The first kappa shape index (κ1) is 22.5. The number of hydrogen-bond acceptors (Lipinski definition) is 4. The highest BCUT2D eigenvalue weighted by molar-refractivity contribution is 6.05. The molecule has 2 amide bonds. The summed E-state index contributed by atoms with van der Waals surface area (Å²) in [5.41, 5.74) is 3.81. The number of nitrogens with one attached hydrogen (secondary N) is 1. The number of methoxy groups -OCH3 is 2. The highest BCUT2D eigenvalue weighted by atomic mass is 16.5. The summed E-state index contributed by atoms with van der Waals surface area (Å²) in [6, 6.07) is 20.2.